The molecule has 6 fully saturated rings. The van der Waals surface area contributed by atoms with Crippen molar-refractivity contribution in [1.82, 2.24) is 0 Å². The van der Waals surface area contributed by atoms with Crippen molar-refractivity contribution >= 4 is 17.9 Å². The van der Waals surface area contributed by atoms with Gasteiger partial charge in [-0.2, -0.15) is 0 Å². The Labute approximate surface area is 338 Å². The normalized spacial score (nSPS) is 53.8. The van der Waals surface area contributed by atoms with Crippen LogP contribution in [-0.4, -0.2) is 125 Å². The van der Waals surface area contributed by atoms with Crippen molar-refractivity contribution in [1.29, 1.82) is 0 Å². The number of aliphatic hydroxyl groups excluding tert-OH is 4. The summed E-state index contributed by atoms with van der Waals surface area (Å²) in [4.78, 5) is 36.5. The molecule has 0 aromatic rings. The van der Waals surface area contributed by atoms with Crippen LogP contribution in [0.1, 0.15) is 113 Å². The zero-order valence-corrected chi connectivity index (χ0v) is 34.5. The highest BCUT2D eigenvalue weighted by molar-refractivity contribution is 5.76. The lowest BCUT2D eigenvalue weighted by atomic mass is 9.36. The van der Waals surface area contributed by atoms with Crippen LogP contribution >= 0.6 is 0 Å². The van der Waals surface area contributed by atoms with Gasteiger partial charge in [0.2, 0.25) is 0 Å². The molecule has 0 spiro atoms. The minimum absolute atomic E-state index is 0.0430. The third-order valence-corrected chi connectivity index (χ3v) is 17.2. The molecular weight excluding hydrogens is 760 g/mol. The van der Waals surface area contributed by atoms with Crippen molar-refractivity contribution in [2.75, 3.05) is 0 Å². The smallest absolute Gasteiger partial charge is 0.364 e. The second-order valence-corrected chi connectivity index (χ2v) is 20.8. The third-order valence-electron chi connectivity index (χ3n) is 17.2. The first-order valence-electron chi connectivity index (χ1n) is 20.9. The van der Waals surface area contributed by atoms with Gasteiger partial charge in [-0.1, -0.05) is 53.2 Å². The van der Waals surface area contributed by atoms with Crippen molar-refractivity contribution in [2.45, 2.75) is 173 Å². The van der Waals surface area contributed by atoms with Gasteiger partial charge in [0.15, 0.2) is 12.6 Å². The predicted octanol–water partition coefficient (Wildman–Crippen LogP) is 2.59. The summed E-state index contributed by atoms with van der Waals surface area (Å²) >= 11 is 0. The van der Waals surface area contributed by atoms with E-state index in [9.17, 15) is 60.3 Å². The summed E-state index contributed by atoms with van der Waals surface area (Å²) in [6.45, 7) is 15.0. The van der Waals surface area contributed by atoms with Gasteiger partial charge in [0, 0.05) is 18.8 Å². The average molecular weight is 825 g/mol. The minimum atomic E-state index is -2.96. The Balaban J connectivity index is 1.17. The van der Waals surface area contributed by atoms with Gasteiger partial charge >= 0.3 is 17.9 Å². The van der Waals surface area contributed by atoms with E-state index < -0.39 is 108 Å². The first-order chi connectivity index (χ1) is 26.7. The molecule has 0 radical (unpaired) electrons. The summed E-state index contributed by atoms with van der Waals surface area (Å²) in [5.74, 6) is -9.96. The minimum Gasteiger partial charge on any atom is -0.481 e. The molecule has 16 nitrogen and oxygen atoms in total. The lowest BCUT2D eigenvalue weighted by Crippen LogP contribution is -2.67. The van der Waals surface area contributed by atoms with Crippen molar-refractivity contribution in [2.24, 2.45) is 56.7 Å². The van der Waals surface area contributed by atoms with Crippen molar-refractivity contribution in [3.8, 4) is 0 Å². The highest BCUT2D eigenvalue weighted by atomic mass is 16.8. The summed E-state index contributed by atoms with van der Waals surface area (Å²) in [6, 6.07) is 0. The van der Waals surface area contributed by atoms with Crippen LogP contribution in [0.3, 0.4) is 0 Å². The summed E-state index contributed by atoms with van der Waals surface area (Å²) in [7, 11) is 0. The summed E-state index contributed by atoms with van der Waals surface area (Å²) in [5.41, 5.74) is -1.07. The second kappa shape index (κ2) is 14.1. The number of carbonyl (C=O) groups is 3. The van der Waals surface area contributed by atoms with Crippen LogP contribution in [0.2, 0.25) is 0 Å². The van der Waals surface area contributed by atoms with Crippen molar-refractivity contribution < 1.29 is 79.3 Å². The number of carboxylic acid groups (broad SMARTS) is 3. The number of hydrogen-bond acceptors (Lipinski definition) is 13. The number of carboxylic acids is 3. The highest BCUT2D eigenvalue weighted by Crippen LogP contribution is 2.73. The molecule has 0 bridgehead atoms. The maximum Gasteiger partial charge on any atom is 0.364 e. The molecule has 0 amide bonds. The monoisotopic (exact) mass is 824 g/mol. The molecule has 4 saturated carbocycles. The van der Waals surface area contributed by atoms with Crippen LogP contribution in [0, 0.1) is 56.7 Å². The molecule has 7 rings (SSSR count). The molecule has 9 N–H and O–H groups in total. The maximum absolute atomic E-state index is 12.5. The van der Waals surface area contributed by atoms with E-state index in [1.807, 2.05) is 20.8 Å². The number of aliphatic hydroxyl groups is 6. The fraction of sp³-hybridized carbons (Fsp3) is 0.881. The highest BCUT2D eigenvalue weighted by Gasteiger charge is 2.68. The molecule has 2 heterocycles. The van der Waals surface area contributed by atoms with Crippen LogP contribution in [0.15, 0.2) is 11.6 Å². The Morgan fingerprint density at radius 1 is 0.690 bits per heavy atom. The molecule has 328 valence electrons. The Hall–Kier alpha value is -2.25. The van der Waals surface area contributed by atoms with E-state index in [4.69, 9.17) is 18.9 Å². The molecule has 0 aromatic carbocycles. The quantitative estimate of drug-likeness (QED) is 0.132. The molecule has 7 aliphatic rings. The summed E-state index contributed by atoms with van der Waals surface area (Å²) in [6.07, 6.45) is -6.82. The molecule has 0 aromatic heterocycles. The number of rotatable bonds is 7. The predicted molar refractivity (Wildman–Crippen MR) is 200 cm³/mol. The Morgan fingerprint density at radius 3 is 1.88 bits per heavy atom. The van der Waals surface area contributed by atoms with Gasteiger partial charge in [0.05, 0.1) is 29.8 Å². The molecule has 16 heteroatoms. The standard InChI is InChI=1S/C42H64O16/c1-19-14-21-20(22-16-37(4,33(47)48)12-13-38(19,22)5)15-23(43)30-39(21,6)10-8-26-36(2,3)27(9-11-40(26,30)7)55-32-29(25(45)18-42(54,58-32)35(51)52)56-31-28(46)24(44)17-41(53,57-31)34(49)50/h15,19,21-32,43-46,53-54H,8-14,16-18H2,1-7H3,(H,47,48)(H,49,50)(H,51,52)/t19-,21?,22?,23-,24+,25+,26+,27?,28+,29+,30+,31?,32?,37+,38-,39+,40+,41?,42?/m1/s1. The summed E-state index contributed by atoms with van der Waals surface area (Å²) in [5, 5.41) is 95.9. The van der Waals surface area contributed by atoms with E-state index in [-0.39, 0.29) is 34.5 Å². The van der Waals surface area contributed by atoms with E-state index in [2.05, 4.69) is 33.8 Å². The van der Waals surface area contributed by atoms with Crippen molar-refractivity contribution in [3.63, 3.8) is 0 Å². The Bertz CT molecular complexity index is 1700. The molecule has 5 aliphatic carbocycles. The maximum atomic E-state index is 12.5. The molecule has 2 aliphatic heterocycles. The lowest BCUT2D eigenvalue weighted by Gasteiger charge is -2.69. The first-order valence-corrected chi connectivity index (χ1v) is 20.9. The SMILES string of the molecule is C[C@@H]1CC2C(=C[C@@H](O)[C@@H]3[C@@]4(C)CCC(OC5OC(O)(C(=O)O)C[C@H](O)[C@@H]5OC5OC(O)(C(=O)O)C[C@H](O)[C@@H]5O)C(C)(C)[C@@H]4CC[C@@]23C)C2C[C@@](C)(C(=O)O)CC[C@@]21C. The van der Waals surface area contributed by atoms with Crippen LogP contribution in [0.5, 0.6) is 0 Å². The fourth-order valence-electron chi connectivity index (χ4n) is 13.6. The molecule has 7 unspecified atom stereocenters. The first kappa shape index (κ1) is 43.8. The molecule has 2 saturated heterocycles. The average Bonchev–Trinajstić information content (AvgIpc) is 3.10. The Kier molecular flexibility index (Phi) is 10.7. The second-order valence-electron chi connectivity index (χ2n) is 20.8. The van der Waals surface area contributed by atoms with E-state index in [0.717, 1.165) is 25.7 Å². The number of aliphatic carboxylic acids is 3. The van der Waals surface area contributed by atoms with Crippen LogP contribution in [-0.2, 0) is 33.3 Å². The van der Waals surface area contributed by atoms with Crippen LogP contribution in [0.4, 0.5) is 0 Å². The van der Waals surface area contributed by atoms with Crippen LogP contribution in [0.25, 0.3) is 0 Å². The van der Waals surface area contributed by atoms with Gasteiger partial charge in [-0.05, 0) is 104 Å². The molecular formula is C42H64O16. The zero-order chi connectivity index (χ0) is 42.9. The zero-order valence-electron chi connectivity index (χ0n) is 34.5. The van der Waals surface area contributed by atoms with Gasteiger partial charge in [0.1, 0.15) is 12.2 Å². The van der Waals surface area contributed by atoms with E-state index in [1.165, 1.54) is 5.57 Å². The number of allylic oxidation sites excluding steroid dienone is 1. The van der Waals surface area contributed by atoms with E-state index >= 15 is 0 Å². The summed E-state index contributed by atoms with van der Waals surface area (Å²) < 4.78 is 23.1. The number of fused-ring (bicyclic) bond motifs is 7. The van der Waals surface area contributed by atoms with Gasteiger partial charge in [-0.3, -0.25) is 4.79 Å². The topological polar surface area (TPSA) is 270 Å². The van der Waals surface area contributed by atoms with Gasteiger partial charge in [-0.25, -0.2) is 9.59 Å². The van der Waals surface area contributed by atoms with Crippen LogP contribution < -0.4 is 0 Å². The third kappa shape index (κ3) is 6.49. The van der Waals surface area contributed by atoms with E-state index in [1.54, 1.807) is 0 Å². The van der Waals surface area contributed by atoms with Gasteiger partial charge < -0.3 is 64.9 Å². The van der Waals surface area contributed by atoms with E-state index in [0.29, 0.717) is 31.6 Å². The number of ether oxygens (including phenoxy) is 4. The lowest BCUT2D eigenvalue weighted by molar-refractivity contribution is -0.409. The van der Waals surface area contributed by atoms with Gasteiger partial charge in [-0.15, -0.1) is 0 Å². The largest absolute Gasteiger partial charge is 0.481 e. The van der Waals surface area contributed by atoms with Gasteiger partial charge in [0.25, 0.3) is 11.6 Å². The molecule has 58 heavy (non-hydrogen) atoms. The molecule has 19 atom stereocenters. The fourth-order valence-corrected chi connectivity index (χ4v) is 13.6. The number of hydrogen-bond donors (Lipinski definition) is 9. The van der Waals surface area contributed by atoms with Crippen molar-refractivity contribution in [3.05, 3.63) is 11.6 Å². The Morgan fingerprint density at radius 2 is 1.28 bits per heavy atom.